The Hall–Kier alpha value is -0.367. The van der Waals surface area contributed by atoms with Gasteiger partial charge in [-0.3, -0.25) is 0 Å². The van der Waals surface area contributed by atoms with E-state index in [1.54, 1.807) is 10.4 Å². The van der Waals surface area contributed by atoms with Crippen LogP contribution < -0.4 is 27.4 Å². The van der Waals surface area contributed by atoms with Gasteiger partial charge in [0.15, 0.2) is 16.6 Å². The fourth-order valence-corrected chi connectivity index (χ4v) is 73.6. The number of benzene rings is 1. The largest absolute Gasteiger partial charge is 0.437 e. The van der Waals surface area contributed by atoms with Crippen LogP contribution in [0.3, 0.4) is 0 Å². The molecule has 12 rings (SSSR count). The van der Waals surface area contributed by atoms with E-state index in [2.05, 4.69) is 181 Å². The zero-order chi connectivity index (χ0) is 77.1. The minimum absolute atomic E-state index is 0.0986. The molecule has 6 aliphatic heterocycles. The fraction of sp³-hybridized carbons (Fsp3) is 0.875. The van der Waals surface area contributed by atoms with Gasteiger partial charge in [0.1, 0.15) is 0 Å². The van der Waals surface area contributed by atoms with Crippen LogP contribution in [0.5, 0.6) is 0 Å². The van der Waals surface area contributed by atoms with Crippen LogP contribution >= 0.6 is 0 Å². The third-order valence-electron chi connectivity index (χ3n) is 22.8. The number of aromatic nitrogens is 3. The highest BCUT2D eigenvalue weighted by atomic mass is 28.5. The van der Waals surface area contributed by atoms with E-state index >= 15 is 0 Å². The number of hydrogen-bond acceptors (Lipinski definition) is 18. The van der Waals surface area contributed by atoms with E-state index in [-0.39, 0.29) is 25.3 Å². The van der Waals surface area contributed by atoms with E-state index in [0.29, 0.717) is 73.9 Å². The highest BCUT2D eigenvalue weighted by Gasteiger charge is 2.55. The second-order valence-corrected chi connectivity index (χ2v) is 87.2. The van der Waals surface area contributed by atoms with Crippen LogP contribution in [0.25, 0.3) is 0 Å². The van der Waals surface area contributed by atoms with Gasteiger partial charge in [-0.25, -0.2) is 28.1 Å². The first kappa shape index (κ1) is 87.0. The summed E-state index contributed by atoms with van der Waals surface area (Å²) in [5, 5.41) is 3.33. The van der Waals surface area contributed by atoms with Crippen LogP contribution in [-0.2, 0) is 85.6 Å². The first-order chi connectivity index (χ1) is 48.3. The average Bonchev–Trinajstić information content (AvgIpc) is 1.61. The molecule has 4 aliphatic carbocycles. The Balaban J connectivity index is 0.000000200. The summed E-state index contributed by atoms with van der Waals surface area (Å²) in [6, 6.07) is 14.8. The third-order valence-corrected chi connectivity index (χ3v) is 67.4. The van der Waals surface area contributed by atoms with Gasteiger partial charge in [0, 0.05) is 7.05 Å². The van der Waals surface area contributed by atoms with Crippen molar-refractivity contribution in [2.45, 2.75) is 358 Å². The van der Waals surface area contributed by atoms with E-state index < -0.39 is 118 Å². The van der Waals surface area contributed by atoms with Crippen molar-refractivity contribution in [2.24, 2.45) is 30.7 Å². The van der Waals surface area contributed by atoms with E-state index in [9.17, 15) is 14.4 Å². The summed E-state index contributed by atoms with van der Waals surface area (Å²) in [4.78, 5) is 35.8. The Bertz CT molecular complexity index is 3320. The topological polar surface area (TPSA) is 224 Å². The van der Waals surface area contributed by atoms with Gasteiger partial charge < -0.3 is 65.5 Å². The summed E-state index contributed by atoms with van der Waals surface area (Å²) < 4.78 is 99.6. The molecule has 16 unspecified atom stereocenters. The summed E-state index contributed by atoms with van der Waals surface area (Å²) in [6.45, 7) is 55.6. The van der Waals surface area contributed by atoms with Crippen LogP contribution in [-0.4, -0.2) is 189 Å². The highest BCUT2D eigenvalue weighted by molar-refractivity contribution is 6.94. The minimum Gasteiger partial charge on any atom is -0.437 e. The molecule has 0 spiro atoms. The molecular weight excluding hydrogens is 1530 g/mol. The van der Waals surface area contributed by atoms with Crippen LogP contribution in [0.1, 0.15) is 103 Å². The van der Waals surface area contributed by atoms with Gasteiger partial charge in [0.2, 0.25) is 0 Å². The molecule has 0 radical (unpaired) electrons. The highest BCUT2D eigenvalue weighted by Crippen LogP contribution is 2.47. The molecule has 1 aromatic carbocycles. The zero-order valence-corrected chi connectivity index (χ0v) is 81.6. The Kier molecular flexibility index (Phi) is 27.7. The molecule has 0 bridgehead atoms. The number of fused-ring (bicyclic) bond motifs is 4. The number of hydrogen-bond donors (Lipinski definition) is 0. The molecule has 4 saturated carbocycles. The second-order valence-electron chi connectivity index (χ2n) is 39.4. The van der Waals surface area contributed by atoms with Crippen LogP contribution in [0, 0.1) is 23.7 Å². The molecule has 6 saturated heterocycles. The molecule has 105 heavy (non-hydrogen) atoms. The predicted octanol–water partition coefficient (Wildman–Crippen LogP) is 14.0. The van der Waals surface area contributed by atoms with E-state index in [1.807, 2.05) is 0 Å². The first-order valence-corrected chi connectivity index (χ1v) is 75.7. The van der Waals surface area contributed by atoms with E-state index in [4.69, 9.17) is 65.5 Å². The summed E-state index contributed by atoms with van der Waals surface area (Å²) in [6.07, 6.45) is 24.7. The number of rotatable bonds is 36. The maximum absolute atomic E-state index is 12.1. The fourth-order valence-electron chi connectivity index (χ4n) is 18.2. The van der Waals surface area contributed by atoms with Crippen molar-refractivity contribution >= 4 is 112 Å². The van der Waals surface area contributed by atoms with Crippen molar-refractivity contribution < 1.29 is 65.5 Å². The minimum atomic E-state index is -2.81. The lowest BCUT2D eigenvalue weighted by Gasteiger charge is -2.46. The Morgan fingerprint density at radius 3 is 0.876 bits per heavy atom. The second kappa shape index (κ2) is 33.5. The number of nitrogens with zero attached hydrogens (tertiary/aromatic N) is 3. The molecule has 21 nitrogen and oxygen atoms in total. The zero-order valence-electron chi connectivity index (χ0n) is 69.6. The molecule has 7 heterocycles. The smallest absolute Gasteiger partial charge is 0.336 e. The molecule has 2 aromatic rings. The van der Waals surface area contributed by atoms with Crippen molar-refractivity contribution in [1.82, 2.24) is 13.7 Å². The Morgan fingerprint density at radius 2 is 0.600 bits per heavy atom. The summed E-state index contributed by atoms with van der Waals surface area (Å²) >= 11 is 0. The van der Waals surface area contributed by atoms with Gasteiger partial charge >= 0.3 is 85.6 Å². The maximum Gasteiger partial charge on any atom is 0.336 e. The van der Waals surface area contributed by atoms with Gasteiger partial charge in [-0.1, -0.05) is 85.8 Å². The van der Waals surface area contributed by atoms with E-state index in [0.717, 1.165) is 56.9 Å². The van der Waals surface area contributed by atoms with Crippen LogP contribution in [0.15, 0.2) is 38.6 Å². The lowest BCUT2D eigenvalue weighted by Crippen LogP contribution is -2.63. The van der Waals surface area contributed by atoms with Crippen LogP contribution in [0.4, 0.5) is 0 Å². The maximum atomic E-state index is 12.1. The lowest BCUT2D eigenvalue weighted by molar-refractivity contribution is 0.250. The van der Waals surface area contributed by atoms with E-state index in [1.165, 1.54) is 103 Å². The monoisotopic (exact) mass is 1670 g/mol. The van der Waals surface area contributed by atoms with Crippen molar-refractivity contribution in [1.29, 1.82) is 0 Å². The molecule has 33 heteroatoms. The molecular formula is C72H141N3O18Si12. The quantitative estimate of drug-likeness (QED) is 0.0457. The number of epoxide rings is 6. The van der Waals surface area contributed by atoms with Gasteiger partial charge in [0.05, 0.1) is 103 Å². The molecule has 0 N–H and O–H groups in total. The third kappa shape index (κ3) is 27.4. The standard InChI is InChI=1S/C36H86O11Si10.C26H42O2Si2.C10H13N3O5/c1-48(2,3)39-50(7,8)41-51(9,10)42-52(11,12)43-53(13,14)44-54(15,16)45-55(17,18)46-57(20,28-26-32-22-24-34-36(30-32)38-34)47-56(19,40-49(4,5)6)27-25-31-21-23-33-35(29-31)37-33;1-29(2,15-13-19-5-11-23-25(17-19)27-23)21-7-9-22(10-8-21)30(3,4)16-14-20-6-12-24-26(18-20)28-24;1-11-8(14)12(2-6-4-17-6)10(16)13(9(11)15)3-7-5-18-7/h31-36H,21-30H2,1-20H3;7-10,19-20,23-26H,5-6,11-18H2,1-4H3;6-7H,2-5H2,1H3. The summed E-state index contributed by atoms with van der Waals surface area (Å²) in [7, 11) is -26.3. The molecule has 1 aromatic heterocycles. The molecule has 10 fully saturated rings. The number of ether oxygens (including phenoxy) is 6. The lowest BCUT2D eigenvalue weighted by atomic mass is 9.87. The Labute approximate surface area is 644 Å². The van der Waals surface area contributed by atoms with Crippen molar-refractivity contribution in [2.75, 3.05) is 13.2 Å². The van der Waals surface area contributed by atoms with Gasteiger partial charge in [0.25, 0.3) is 0 Å². The SMILES string of the molecule is C[Si](C)(C)O[Si](C)(C)O[Si](C)(C)O[Si](C)(C)O[Si](C)(C)O[Si](C)(C)O[Si](C)(C)O[Si](C)(CCC1CCC2OC2C1)O[Si](C)(CCC1CCC2OC2C1)O[Si](C)(C)C.C[Si](C)(CCC1CCC2OC2C1)c1ccc([Si](C)(C)CCC2CCC3OC3C2)cc1.Cn1c(=O)n(CC2CO2)c(=O)n(CC2CO2)c1=O. The van der Waals surface area contributed by atoms with Gasteiger partial charge in [-0.15, -0.1) is 0 Å². The Morgan fingerprint density at radius 1 is 0.333 bits per heavy atom. The summed E-state index contributed by atoms with van der Waals surface area (Å²) in [5.41, 5.74) is -1.80. The average molecular weight is 1670 g/mol. The molecule has 600 valence electrons. The van der Waals surface area contributed by atoms with Crippen LogP contribution in [0.2, 0.25) is 181 Å². The first-order valence-electron chi connectivity index (χ1n) is 40.5. The molecule has 10 aliphatic rings. The molecule has 16 atom stereocenters. The summed E-state index contributed by atoms with van der Waals surface area (Å²) in [5.74, 6) is 3.16. The van der Waals surface area contributed by atoms with Crippen molar-refractivity contribution in [3.8, 4) is 0 Å². The van der Waals surface area contributed by atoms with Gasteiger partial charge in [-0.2, -0.15) is 0 Å². The molecule has 0 amide bonds. The normalized spacial score (nSPS) is 30.0. The predicted molar refractivity (Wildman–Crippen MR) is 447 cm³/mol. The van der Waals surface area contributed by atoms with Crippen molar-refractivity contribution in [3.63, 3.8) is 0 Å². The van der Waals surface area contributed by atoms with Gasteiger partial charge in [-0.05, 0) is 257 Å². The van der Waals surface area contributed by atoms with Crippen molar-refractivity contribution in [3.05, 3.63) is 55.7 Å².